The van der Waals surface area contributed by atoms with Crippen molar-refractivity contribution in [3.63, 3.8) is 0 Å². The Balaban J connectivity index is 1.97. The van der Waals surface area contributed by atoms with E-state index in [4.69, 9.17) is 9.78 Å². The van der Waals surface area contributed by atoms with Crippen LogP contribution in [-0.2, 0) is 0 Å². The Morgan fingerprint density at radius 2 is 2.06 bits per heavy atom. The van der Waals surface area contributed by atoms with Gasteiger partial charge in [-0.05, 0) is 12.1 Å². The lowest BCUT2D eigenvalue weighted by Gasteiger charge is -1.88. The van der Waals surface area contributed by atoms with Crippen molar-refractivity contribution >= 4 is 0 Å². The summed E-state index contributed by atoms with van der Waals surface area (Å²) in [7, 11) is 0. The summed E-state index contributed by atoms with van der Waals surface area (Å²) in [5.74, 6) is 1.02. The number of nitriles is 1. The number of H-pyrrole nitrogens is 1. The molecule has 3 aromatic heterocycles. The first-order chi connectivity index (χ1) is 8.86. The average Bonchev–Trinajstić information content (AvgIpc) is 3.08. The summed E-state index contributed by atoms with van der Waals surface area (Å²) in [6, 6.07) is 5.32. The summed E-state index contributed by atoms with van der Waals surface area (Å²) >= 11 is 0. The fourth-order valence-electron chi connectivity index (χ4n) is 1.43. The summed E-state index contributed by atoms with van der Waals surface area (Å²) in [6.45, 7) is 0. The number of nitrogens with one attached hydrogen (secondary N) is 1. The van der Waals surface area contributed by atoms with E-state index in [1.807, 2.05) is 6.07 Å². The van der Waals surface area contributed by atoms with Gasteiger partial charge in [0.15, 0.2) is 0 Å². The van der Waals surface area contributed by atoms with Crippen molar-refractivity contribution in [3.8, 4) is 29.2 Å². The predicted octanol–water partition coefficient (Wildman–Crippen LogP) is 1.39. The van der Waals surface area contributed by atoms with Crippen LogP contribution >= 0.6 is 0 Å². The molecule has 86 valence electrons. The smallest absolute Gasteiger partial charge is 0.259 e. The molecule has 0 aliphatic heterocycles. The highest BCUT2D eigenvalue weighted by atomic mass is 16.5. The fourth-order valence-corrected chi connectivity index (χ4v) is 1.43. The highest BCUT2D eigenvalue weighted by Gasteiger charge is 2.13. The van der Waals surface area contributed by atoms with E-state index in [-0.39, 0.29) is 0 Å². The Labute approximate surface area is 101 Å². The normalized spacial score (nSPS) is 10.2. The molecule has 0 unspecified atom stereocenters. The first-order valence-corrected chi connectivity index (χ1v) is 5.07. The highest BCUT2D eigenvalue weighted by Crippen LogP contribution is 2.20. The third-order valence-electron chi connectivity index (χ3n) is 2.24. The van der Waals surface area contributed by atoms with Crippen molar-refractivity contribution in [2.24, 2.45) is 0 Å². The van der Waals surface area contributed by atoms with Gasteiger partial charge < -0.3 is 9.51 Å². The Morgan fingerprint density at radius 3 is 2.78 bits per heavy atom. The molecule has 0 saturated carbocycles. The molecule has 18 heavy (non-hydrogen) atoms. The lowest BCUT2D eigenvalue weighted by molar-refractivity contribution is 0.432. The molecule has 3 heterocycles. The number of hydrogen-bond donors (Lipinski definition) is 1. The number of aromatic nitrogens is 5. The van der Waals surface area contributed by atoms with Gasteiger partial charge in [-0.2, -0.15) is 10.2 Å². The van der Waals surface area contributed by atoms with Crippen LogP contribution in [0.5, 0.6) is 0 Å². The van der Waals surface area contributed by atoms with Gasteiger partial charge in [-0.3, -0.25) is 0 Å². The molecule has 1 N–H and O–H groups in total. The second kappa shape index (κ2) is 4.10. The molecule has 3 aromatic rings. The van der Waals surface area contributed by atoms with E-state index in [1.54, 1.807) is 30.7 Å². The van der Waals surface area contributed by atoms with Gasteiger partial charge in [0.05, 0.1) is 5.56 Å². The lowest BCUT2D eigenvalue weighted by atomic mass is 10.3. The van der Waals surface area contributed by atoms with Crippen molar-refractivity contribution < 1.29 is 4.52 Å². The van der Waals surface area contributed by atoms with Crippen molar-refractivity contribution in [1.82, 2.24) is 25.1 Å². The predicted molar refractivity (Wildman–Crippen MR) is 59.8 cm³/mol. The molecule has 0 amide bonds. The van der Waals surface area contributed by atoms with Gasteiger partial charge in [0, 0.05) is 18.6 Å². The summed E-state index contributed by atoms with van der Waals surface area (Å²) in [5, 5.41) is 12.5. The standard InChI is InChI=1S/C11H6N6O/c12-5-8-4-7(6-15-8)11-16-10(17-18-11)9-13-2-1-3-14-9/h1-4,6,15H. The Bertz CT molecular complexity index is 708. The number of hydrogen-bond acceptors (Lipinski definition) is 6. The Hall–Kier alpha value is -3.01. The van der Waals surface area contributed by atoms with Crippen molar-refractivity contribution in [3.05, 3.63) is 36.4 Å². The molecule has 3 rings (SSSR count). The first kappa shape index (κ1) is 10.2. The second-order valence-electron chi connectivity index (χ2n) is 3.41. The molecule has 0 spiro atoms. The first-order valence-electron chi connectivity index (χ1n) is 5.07. The topological polar surface area (TPSA) is 104 Å². The maximum Gasteiger partial charge on any atom is 0.259 e. The van der Waals surface area contributed by atoms with Crippen molar-refractivity contribution in [2.45, 2.75) is 0 Å². The zero-order chi connectivity index (χ0) is 12.4. The zero-order valence-corrected chi connectivity index (χ0v) is 9.03. The molecule has 0 bridgehead atoms. The average molecular weight is 238 g/mol. The molecule has 0 saturated heterocycles. The number of nitrogens with zero attached hydrogens (tertiary/aromatic N) is 5. The van der Waals surface area contributed by atoms with E-state index in [0.717, 1.165) is 0 Å². The summed E-state index contributed by atoms with van der Waals surface area (Å²) < 4.78 is 5.09. The summed E-state index contributed by atoms with van der Waals surface area (Å²) in [6.07, 6.45) is 4.83. The highest BCUT2D eigenvalue weighted by molar-refractivity contribution is 5.57. The molecular weight excluding hydrogens is 232 g/mol. The second-order valence-corrected chi connectivity index (χ2v) is 3.41. The Morgan fingerprint density at radius 1 is 1.22 bits per heavy atom. The van der Waals surface area contributed by atoms with Gasteiger partial charge in [0.2, 0.25) is 11.6 Å². The van der Waals surface area contributed by atoms with Crippen LogP contribution in [0.2, 0.25) is 0 Å². The number of rotatable bonds is 2. The number of aromatic amines is 1. The lowest BCUT2D eigenvalue weighted by Crippen LogP contribution is -1.88. The van der Waals surface area contributed by atoms with Crippen LogP contribution in [0.3, 0.4) is 0 Å². The van der Waals surface area contributed by atoms with Gasteiger partial charge >= 0.3 is 0 Å². The molecule has 0 aliphatic rings. The van der Waals surface area contributed by atoms with Crippen LogP contribution < -0.4 is 0 Å². The largest absolute Gasteiger partial charge is 0.352 e. The minimum Gasteiger partial charge on any atom is -0.352 e. The van der Waals surface area contributed by atoms with Crippen LogP contribution in [0.4, 0.5) is 0 Å². The van der Waals surface area contributed by atoms with E-state index >= 15 is 0 Å². The van der Waals surface area contributed by atoms with Crippen LogP contribution in [0.15, 0.2) is 35.2 Å². The van der Waals surface area contributed by atoms with Gasteiger partial charge in [0.25, 0.3) is 5.89 Å². The van der Waals surface area contributed by atoms with E-state index in [1.165, 1.54) is 0 Å². The Kier molecular flexibility index (Phi) is 2.32. The molecular formula is C11H6N6O. The molecule has 0 radical (unpaired) electrons. The van der Waals surface area contributed by atoms with E-state index < -0.39 is 0 Å². The third-order valence-corrected chi connectivity index (χ3v) is 2.24. The molecule has 7 nitrogen and oxygen atoms in total. The SMILES string of the molecule is N#Cc1cc(-c2nc(-c3ncccn3)no2)c[nH]1. The monoisotopic (exact) mass is 238 g/mol. The zero-order valence-electron chi connectivity index (χ0n) is 9.03. The van der Waals surface area contributed by atoms with E-state index in [0.29, 0.717) is 28.8 Å². The summed E-state index contributed by atoms with van der Waals surface area (Å²) in [4.78, 5) is 15.0. The van der Waals surface area contributed by atoms with Crippen molar-refractivity contribution in [2.75, 3.05) is 0 Å². The van der Waals surface area contributed by atoms with Gasteiger partial charge in [0.1, 0.15) is 11.8 Å². The van der Waals surface area contributed by atoms with E-state index in [2.05, 4.69) is 25.1 Å². The molecule has 0 aliphatic carbocycles. The quantitative estimate of drug-likeness (QED) is 0.723. The van der Waals surface area contributed by atoms with Crippen molar-refractivity contribution in [1.29, 1.82) is 5.26 Å². The van der Waals surface area contributed by atoms with Crippen LogP contribution in [0.1, 0.15) is 5.69 Å². The maximum absolute atomic E-state index is 8.71. The van der Waals surface area contributed by atoms with Gasteiger partial charge in [-0.1, -0.05) is 5.16 Å². The van der Waals surface area contributed by atoms with Crippen LogP contribution in [-0.4, -0.2) is 25.1 Å². The van der Waals surface area contributed by atoms with Crippen LogP contribution in [0.25, 0.3) is 23.1 Å². The van der Waals surface area contributed by atoms with E-state index in [9.17, 15) is 0 Å². The minimum absolute atomic E-state index is 0.310. The molecule has 0 fully saturated rings. The van der Waals surface area contributed by atoms with Gasteiger partial charge in [-0.25, -0.2) is 9.97 Å². The fraction of sp³-hybridized carbons (Fsp3) is 0. The third kappa shape index (κ3) is 1.72. The minimum atomic E-state index is 0.310. The molecule has 0 atom stereocenters. The maximum atomic E-state index is 8.71. The molecule has 7 heteroatoms. The van der Waals surface area contributed by atoms with Crippen LogP contribution in [0, 0.1) is 11.3 Å². The summed E-state index contributed by atoms with van der Waals surface area (Å²) in [5.41, 5.74) is 1.09. The molecule has 0 aromatic carbocycles. The van der Waals surface area contributed by atoms with Gasteiger partial charge in [-0.15, -0.1) is 0 Å².